The Bertz CT molecular complexity index is 1250. The van der Waals surface area contributed by atoms with Crippen LogP contribution in [-0.4, -0.2) is 30.1 Å². The smallest absolute Gasteiger partial charge is 0.252 e. The van der Waals surface area contributed by atoms with Crippen LogP contribution in [0.2, 0.25) is 0 Å². The Morgan fingerprint density at radius 2 is 1.62 bits per heavy atom. The molecule has 1 aromatic heterocycles. The number of hydrogen-bond donors (Lipinski definition) is 1. The van der Waals surface area contributed by atoms with Crippen molar-refractivity contribution >= 4 is 17.7 Å². The van der Waals surface area contributed by atoms with Gasteiger partial charge < -0.3 is 19.5 Å². The fraction of sp³-hybridized carbons (Fsp3) is 0.115. The number of aromatic nitrogens is 2. The fourth-order valence-electron chi connectivity index (χ4n) is 3.14. The van der Waals surface area contributed by atoms with Gasteiger partial charge in [-0.05, 0) is 54.6 Å². The van der Waals surface area contributed by atoms with Crippen LogP contribution in [0.5, 0.6) is 23.1 Å². The minimum atomic E-state index is -0.212. The molecular formula is C26H23N3O4S. The van der Waals surface area contributed by atoms with Gasteiger partial charge in [0.2, 0.25) is 0 Å². The van der Waals surface area contributed by atoms with Gasteiger partial charge in [-0.3, -0.25) is 4.79 Å². The number of benzene rings is 3. The third-order valence-electron chi connectivity index (χ3n) is 4.85. The molecule has 0 aliphatic rings. The Morgan fingerprint density at radius 3 is 2.35 bits per heavy atom. The van der Waals surface area contributed by atoms with Crippen molar-refractivity contribution in [1.29, 1.82) is 0 Å². The lowest BCUT2D eigenvalue weighted by atomic mass is 10.1. The van der Waals surface area contributed by atoms with E-state index in [9.17, 15) is 4.79 Å². The molecule has 0 radical (unpaired) electrons. The Labute approximate surface area is 202 Å². The molecule has 0 atom stereocenters. The topological polar surface area (TPSA) is 82.6 Å². The van der Waals surface area contributed by atoms with Crippen LogP contribution in [0.4, 0.5) is 0 Å². The summed E-state index contributed by atoms with van der Waals surface area (Å²) in [5, 5.41) is 3.56. The van der Waals surface area contributed by atoms with Crippen LogP contribution in [0.1, 0.15) is 15.9 Å². The molecule has 3 aromatic carbocycles. The standard InChI is InChI=1S/C26H23N3O4S/c1-31-21-12-13-23(32-2)19(16-21)17-29-24(30)18-8-10-20(11-9-18)33-25-26(28-15-14-27-25)34-22-6-4-3-5-7-22/h3-16H,17H2,1-2H3,(H,29,30). The lowest BCUT2D eigenvalue weighted by molar-refractivity contribution is 0.0950. The fourth-order valence-corrected chi connectivity index (χ4v) is 3.95. The molecule has 7 nitrogen and oxygen atoms in total. The van der Waals surface area contributed by atoms with Crippen LogP contribution in [0.3, 0.4) is 0 Å². The van der Waals surface area contributed by atoms with Crippen molar-refractivity contribution in [2.45, 2.75) is 16.5 Å². The van der Waals surface area contributed by atoms with E-state index in [-0.39, 0.29) is 5.91 Å². The van der Waals surface area contributed by atoms with E-state index in [4.69, 9.17) is 14.2 Å². The Morgan fingerprint density at radius 1 is 0.882 bits per heavy atom. The molecule has 4 rings (SSSR count). The van der Waals surface area contributed by atoms with Crippen LogP contribution in [0, 0.1) is 0 Å². The predicted octanol–water partition coefficient (Wildman–Crippen LogP) is 5.37. The Kier molecular flexibility index (Phi) is 7.62. The average molecular weight is 474 g/mol. The van der Waals surface area contributed by atoms with Crippen molar-refractivity contribution in [3.05, 3.63) is 96.3 Å². The molecule has 4 aromatic rings. The van der Waals surface area contributed by atoms with Gasteiger partial charge in [-0.25, -0.2) is 9.97 Å². The molecule has 0 saturated carbocycles. The van der Waals surface area contributed by atoms with Gasteiger partial charge in [-0.15, -0.1) is 0 Å². The maximum atomic E-state index is 12.6. The van der Waals surface area contributed by atoms with Gasteiger partial charge in [-0.1, -0.05) is 30.0 Å². The quantitative estimate of drug-likeness (QED) is 0.350. The van der Waals surface area contributed by atoms with Crippen molar-refractivity contribution in [3.8, 4) is 23.1 Å². The average Bonchev–Trinajstić information content (AvgIpc) is 2.89. The Hall–Kier alpha value is -4.04. The molecule has 0 saturated heterocycles. The maximum absolute atomic E-state index is 12.6. The van der Waals surface area contributed by atoms with Crippen LogP contribution in [0.25, 0.3) is 0 Å². The number of nitrogens with zero attached hydrogens (tertiary/aromatic N) is 2. The minimum Gasteiger partial charge on any atom is -0.497 e. The summed E-state index contributed by atoms with van der Waals surface area (Å²) in [5.74, 6) is 2.12. The van der Waals surface area contributed by atoms with E-state index in [2.05, 4.69) is 15.3 Å². The zero-order valence-electron chi connectivity index (χ0n) is 18.7. The molecule has 34 heavy (non-hydrogen) atoms. The number of ether oxygens (including phenoxy) is 3. The van der Waals surface area contributed by atoms with Gasteiger partial charge in [0.05, 0.1) is 14.2 Å². The molecule has 0 bridgehead atoms. The third-order valence-corrected chi connectivity index (χ3v) is 5.83. The summed E-state index contributed by atoms with van der Waals surface area (Å²) in [4.78, 5) is 22.4. The van der Waals surface area contributed by atoms with E-state index in [0.717, 1.165) is 10.5 Å². The van der Waals surface area contributed by atoms with Gasteiger partial charge >= 0.3 is 0 Å². The first kappa shape index (κ1) is 23.1. The highest BCUT2D eigenvalue weighted by Crippen LogP contribution is 2.33. The SMILES string of the molecule is COc1ccc(OC)c(CNC(=O)c2ccc(Oc3nccnc3Sc3ccccc3)cc2)c1. The molecule has 8 heteroatoms. The van der Waals surface area contributed by atoms with Crippen molar-refractivity contribution in [3.63, 3.8) is 0 Å². The summed E-state index contributed by atoms with van der Waals surface area (Å²) >= 11 is 1.47. The second-order valence-corrected chi connectivity index (χ2v) is 8.13. The molecule has 1 N–H and O–H groups in total. The van der Waals surface area contributed by atoms with Gasteiger partial charge in [-0.2, -0.15) is 0 Å². The van der Waals surface area contributed by atoms with Crippen LogP contribution in [0.15, 0.2) is 95.1 Å². The van der Waals surface area contributed by atoms with E-state index in [0.29, 0.717) is 40.3 Å². The largest absolute Gasteiger partial charge is 0.497 e. The van der Waals surface area contributed by atoms with E-state index in [1.54, 1.807) is 50.9 Å². The molecular weight excluding hydrogens is 450 g/mol. The number of rotatable bonds is 9. The third kappa shape index (κ3) is 5.85. The van der Waals surface area contributed by atoms with Crippen molar-refractivity contribution in [2.24, 2.45) is 0 Å². The highest BCUT2D eigenvalue weighted by atomic mass is 32.2. The summed E-state index contributed by atoms with van der Waals surface area (Å²) in [6, 6.07) is 22.2. The minimum absolute atomic E-state index is 0.212. The number of methoxy groups -OCH3 is 2. The zero-order valence-corrected chi connectivity index (χ0v) is 19.5. The summed E-state index contributed by atoms with van der Waals surface area (Å²) in [5.41, 5.74) is 1.33. The monoisotopic (exact) mass is 473 g/mol. The molecule has 0 aliphatic carbocycles. The van der Waals surface area contributed by atoms with E-state index in [1.807, 2.05) is 48.5 Å². The van der Waals surface area contributed by atoms with E-state index >= 15 is 0 Å². The molecule has 0 fully saturated rings. The lowest BCUT2D eigenvalue weighted by Crippen LogP contribution is -2.23. The van der Waals surface area contributed by atoms with Crippen molar-refractivity contribution < 1.29 is 19.0 Å². The summed E-state index contributed by atoms with van der Waals surface area (Å²) in [7, 11) is 3.19. The number of hydrogen-bond acceptors (Lipinski definition) is 7. The molecule has 172 valence electrons. The van der Waals surface area contributed by atoms with Crippen molar-refractivity contribution in [2.75, 3.05) is 14.2 Å². The van der Waals surface area contributed by atoms with E-state index < -0.39 is 0 Å². The highest BCUT2D eigenvalue weighted by molar-refractivity contribution is 7.99. The molecule has 0 spiro atoms. The first-order chi connectivity index (χ1) is 16.7. The lowest BCUT2D eigenvalue weighted by Gasteiger charge is -2.12. The van der Waals surface area contributed by atoms with E-state index in [1.165, 1.54) is 11.8 Å². The second kappa shape index (κ2) is 11.2. The maximum Gasteiger partial charge on any atom is 0.252 e. The van der Waals surface area contributed by atoms with Gasteiger partial charge in [0.15, 0.2) is 5.03 Å². The predicted molar refractivity (Wildman–Crippen MR) is 130 cm³/mol. The first-order valence-corrected chi connectivity index (χ1v) is 11.3. The first-order valence-electron chi connectivity index (χ1n) is 10.5. The summed E-state index contributed by atoms with van der Waals surface area (Å²) in [6.07, 6.45) is 3.21. The normalized spacial score (nSPS) is 10.4. The highest BCUT2D eigenvalue weighted by Gasteiger charge is 2.12. The number of amides is 1. The van der Waals surface area contributed by atoms with Crippen molar-refractivity contribution in [1.82, 2.24) is 15.3 Å². The van der Waals surface area contributed by atoms with Gasteiger partial charge in [0.25, 0.3) is 11.8 Å². The number of nitrogens with one attached hydrogen (secondary N) is 1. The number of carbonyl (C=O) groups is 1. The summed E-state index contributed by atoms with van der Waals surface area (Å²) < 4.78 is 16.6. The molecule has 0 unspecified atom stereocenters. The van der Waals surface area contributed by atoms with Gasteiger partial charge in [0, 0.05) is 35.0 Å². The van der Waals surface area contributed by atoms with Crippen LogP contribution in [-0.2, 0) is 6.54 Å². The molecule has 1 amide bonds. The van der Waals surface area contributed by atoms with Gasteiger partial charge in [0.1, 0.15) is 17.2 Å². The zero-order chi connectivity index (χ0) is 23.8. The van der Waals surface area contributed by atoms with Crippen LogP contribution >= 0.6 is 11.8 Å². The molecule has 1 heterocycles. The molecule has 0 aliphatic heterocycles. The number of carbonyl (C=O) groups excluding carboxylic acids is 1. The van der Waals surface area contributed by atoms with Crippen LogP contribution < -0.4 is 19.5 Å². The second-order valence-electron chi connectivity index (χ2n) is 7.07. The Balaban J connectivity index is 1.41. The summed E-state index contributed by atoms with van der Waals surface area (Å²) in [6.45, 7) is 0.303.